The number of carbonyl (C=O) groups is 1. The van der Waals surface area contributed by atoms with Crippen LogP contribution in [-0.2, 0) is 0 Å². The first-order chi connectivity index (χ1) is 10.6. The lowest BCUT2D eigenvalue weighted by molar-refractivity contribution is 0.0950. The van der Waals surface area contributed by atoms with E-state index in [-0.39, 0.29) is 11.9 Å². The summed E-state index contributed by atoms with van der Waals surface area (Å²) in [5.74, 6) is -0.245. The molecule has 0 unspecified atom stereocenters. The highest BCUT2D eigenvalue weighted by molar-refractivity contribution is 6.09. The maximum atomic E-state index is 12.1. The summed E-state index contributed by atoms with van der Waals surface area (Å²) in [7, 11) is 0. The molecule has 2 heterocycles. The van der Waals surface area contributed by atoms with Gasteiger partial charge in [0, 0.05) is 22.8 Å². The van der Waals surface area contributed by atoms with Crippen molar-refractivity contribution in [1.82, 2.24) is 15.3 Å². The van der Waals surface area contributed by atoms with Crippen molar-refractivity contribution in [2.45, 2.75) is 0 Å². The van der Waals surface area contributed by atoms with Gasteiger partial charge in [0.05, 0.1) is 18.3 Å². The summed E-state index contributed by atoms with van der Waals surface area (Å²) in [5.41, 5.74) is 12.7. The minimum absolute atomic E-state index is 0.00702. The zero-order chi connectivity index (χ0) is 15.5. The first-order valence-corrected chi connectivity index (χ1v) is 6.85. The fourth-order valence-corrected chi connectivity index (χ4v) is 2.32. The van der Waals surface area contributed by atoms with Gasteiger partial charge in [-0.2, -0.15) is 0 Å². The van der Waals surface area contributed by atoms with E-state index in [0.717, 1.165) is 21.8 Å². The Bertz CT molecular complexity index is 863. The number of fused-ring (bicyclic) bond motifs is 3. The number of aliphatic imine (C=N–C) groups is 1. The van der Waals surface area contributed by atoms with Gasteiger partial charge in [-0.05, 0) is 12.1 Å². The Labute approximate surface area is 126 Å². The van der Waals surface area contributed by atoms with Crippen LogP contribution in [0.3, 0.4) is 0 Å². The van der Waals surface area contributed by atoms with Gasteiger partial charge in [-0.1, -0.05) is 18.2 Å². The van der Waals surface area contributed by atoms with Crippen molar-refractivity contribution in [3.63, 3.8) is 0 Å². The van der Waals surface area contributed by atoms with Crippen LogP contribution in [0.25, 0.3) is 21.8 Å². The average molecular weight is 296 g/mol. The summed E-state index contributed by atoms with van der Waals surface area (Å²) >= 11 is 0. The van der Waals surface area contributed by atoms with Gasteiger partial charge in [-0.15, -0.1) is 0 Å². The molecule has 6 N–H and O–H groups in total. The molecule has 0 fully saturated rings. The fraction of sp³-hybridized carbons (Fsp3) is 0.133. The number of para-hydroxylation sites is 1. The minimum Gasteiger partial charge on any atom is -0.370 e. The van der Waals surface area contributed by atoms with Crippen LogP contribution in [0.5, 0.6) is 0 Å². The molecule has 3 rings (SSSR count). The van der Waals surface area contributed by atoms with E-state index < -0.39 is 0 Å². The molecule has 7 nitrogen and oxygen atoms in total. The molecule has 3 aromatic rings. The highest BCUT2D eigenvalue weighted by Gasteiger charge is 2.10. The van der Waals surface area contributed by atoms with E-state index in [1.165, 1.54) is 0 Å². The normalized spacial score (nSPS) is 10.7. The van der Waals surface area contributed by atoms with Gasteiger partial charge in [0.2, 0.25) is 0 Å². The van der Waals surface area contributed by atoms with Crippen LogP contribution >= 0.6 is 0 Å². The SMILES string of the molecule is NC(N)=NCCNC(=O)c1cc2c(cn1)[nH]c1ccccc12. The van der Waals surface area contributed by atoms with Crippen LogP contribution in [0.15, 0.2) is 41.5 Å². The van der Waals surface area contributed by atoms with Gasteiger partial charge in [-0.25, -0.2) is 4.98 Å². The zero-order valence-electron chi connectivity index (χ0n) is 11.8. The second-order valence-electron chi connectivity index (χ2n) is 4.85. The monoisotopic (exact) mass is 296 g/mol. The number of amides is 1. The molecule has 0 radical (unpaired) electrons. The molecule has 2 aromatic heterocycles. The lowest BCUT2D eigenvalue weighted by atomic mass is 10.1. The van der Waals surface area contributed by atoms with Crippen molar-refractivity contribution in [2.75, 3.05) is 13.1 Å². The van der Waals surface area contributed by atoms with Crippen LogP contribution in [-0.4, -0.2) is 34.9 Å². The molecule has 0 bridgehead atoms. The number of H-pyrrole nitrogens is 1. The van der Waals surface area contributed by atoms with E-state index in [9.17, 15) is 4.79 Å². The molecule has 0 aliphatic rings. The predicted octanol–water partition coefficient (Wildman–Crippen LogP) is 0.719. The number of pyridine rings is 1. The predicted molar refractivity (Wildman–Crippen MR) is 86.6 cm³/mol. The maximum Gasteiger partial charge on any atom is 0.269 e. The third kappa shape index (κ3) is 2.69. The smallest absolute Gasteiger partial charge is 0.269 e. The number of nitrogens with two attached hydrogens (primary N) is 2. The van der Waals surface area contributed by atoms with Crippen molar-refractivity contribution >= 4 is 33.7 Å². The van der Waals surface area contributed by atoms with Crippen LogP contribution in [0.1, 0.15) is 10.5 Å². The molecule has 22 heavy (non-hydrogen) atoms. The molecular weight excluding hydrogens is 280 g/mol. The topological polar surface area (TPSA) is 122 Å². The first-order valence-electron chi connectivity index (χ1n) is 6.85. The van der Waals surface area contributed by atoms with Crippen LogP contribution in [0.4, 0.5) is 0 Å². The molecule has 0 aliphatic carbocycles. The Morgan fingerprint density at radius 2 is 2.05 bits per heavy atom. The fourth-order valence-electron chi connectivity index (χ4n) is 2.32. The number of hydrogen-bond donors (Lipinski definition) is 4. The Morgan fingerprint density at radius 3 is 2.86 bits per heavy atom. The minimum atomic E-state index is -0.252. The Hall–Kier alpha value is -3.09. The van der Waals surface area contributed by atoms with Crippen molar-refractivity contribution in [1.29, 1.82) is 0 Å². The van der Waals surface area contributed by atoms with Crippen LogP contribution in [0, 0.1) is 0 Å². The van der Waals surface area contributed by atoms with Crippen molar-refractivity contribution in [3.05, 3.63) is 42.2 Å². The van der Waals surface area contributed by atoms with Gasteiger partial charge < -0.3 is 21.8 Å². The molecule has 0 saturated carbocycles. The number of benzene rings is 1. The molecule has 0 aliphatic heterocycles. The Kier molecular flexibility index (Phi) is 3.61. The summed E-state index contributed by atoms with van der Waals surface area (Å²) in [6.07, 6.45) is 1.67. The molecule has 112 valence electrons. The van der Waals surface area contributed by atoms with Gasteiger partial charge in [-0.3, -0.25) is 9.79 Å². The molecular formula is C15H16N6O. The number of aromatic nitrogens is 2. The van der Waals surface area contributed by atoms with Gasteiger partial charge in [0.15, 0.2) is 5.96 Å². The zero-order valence-corrected chi connectivity index (χ0v) is 11.8. The number of carbonyl (C=O) groups excluding carboxylic acids is 1. The molecule has 0 saturated heterocycles. The molecule has 1 amide bonds. The van der Waals surface area contributed by atoms with Gasteiger partial charge in [0.1, 0.15) is 5.69 Å². The van der Waals surface area contributed by atoms with E-state index >= 15 is 0 Å². The number of nitrogens with one attached hydrogen (secondary N) is 2. The van der Waals surface area contributed by atoms with Crippen molar-refractivity contribution in [3.8, 4) is 0 Å². The summed E-state index contributed by atoms with van der Waals surface area (Å²) < 4.78 is 0. The molecule has 0 spiro atoms. The lowest BCUT2D eigenvalue weighted by Crippen LogP contribution is -2.29. The van der Waals surface area contributed by atoms with Crippen molar-refractivity contribution < 1.29 is 4.79 Å². The standard InChI is InChI=1S/C15H16N6O/c16-15(17)19-6-5-18-14(22)12-7-10-9-3-1-2-4-11(9)21-13(10)8-20-12/h1-4,7-8,21H,5-6H2,(H,18,22)(H4,16,17,19). The second kappa shape index (κ2) is 5.72. The van der Waals surface area contributed by atoms with Crippen LogP contribution < -0.4 is 16.8 Å². The van der Waals surface area contributed by atoms with E-state index in [1.807, 2.05) is 24.3 Å². The Morgan fingerprint density at radius 1 is 1.23 bits per heavy atom. The largest absolute Gasteiger partial charge is 0.370 e. The summed E-state index contributed by atoms with van der Waals surface area (Å²) in [5, 5.41) is 4.77. The summed E-state index contributed by atoms with van der Waals surface area (Å²) in [6, 6.07) is 9.70. The molecule has 0 atom stereocenters. The van der Waals surface area contributed by atoms with Crippen LogP contribution in [0.2, 0.25) is 0 Å². The number of nitrogens with zero attached hydrogens (tertiary/aromatic N) is 2. The quantitative estimate of drug-likeness (QED) is 0.322. The van der Waals surface area contributed by atoms with E-state index in [4.69, 9.17) is 11.5 Å². The second-order valence-corrected chi connectivity index (χ2v) is 4.85. The number of guanidine groups is 1. The van der Waals surface area contributed by atoms with Crippen molar-refractivity contribution in [2.24, 2.45) is 16.5 Å². The van der Waals surface area contributed by atoms with E-state index in [1.54, 1.807) is 12.3 Å². The van der Waals surface area contributed by atoms with Gasteiger partial charge >= 0.3 is 0 Å². The third-order valence-electron chi connectivity index (χ3n) is 3.31. The van der Waals surface area contributed by atoms with Gasteiger partial charge in [0.25, 0.3) is 5.91 Å². The highest BCUT2D eigenvalue weighted by Crippen LogP contribution is 2.24. The lowest BCUT2D eigenvalue weighted by Gasteiger charge is -2.03. The summed E-state index contributed by atoms with van der Waals surface area (Å²) in [6.45, 7) is 0.688. The van der Waals surface area contributed by atoms with E-state index in [0.29, 0.717) is 18.8 Å². The Balaban J connectivity index is 1.83. The highest BCUT2D eigenvalue weighted by atomic mass is 16.1. The van der Waals surface area contributed by atoms with E-state index in [2.05, 4.69) is 20.3 Å². The maximum absolute atomic E-state index is 12.1. The summed E-state index contributed by atoms with van der Waals surface area (Å²) in [4.78, 5) is 23.4. The average Bonchev–Trinajstić information content (AvgIpc) is 2.89. The first kappa shape index (κ1) is 13.9. The molecule has 1 aromatic carbocycles. The third-order valence-corrected chi connectivity index (χ3v) is 3.31. The molecule has 7 heteroatoms. The number of hydrogen-bond acceptors (Lipinski definition) is 3. The number of rotatable bonds is 4. The number of aromatic amines is 1.